The molecule has 0 saturated heterocycles. The van der Waals surface area contributed by atoms with Gasteiger partial charge in [-0.1, -0.05) is 0 Å². The van der Waals surface area contributed by atoms with E-state index in [2.05, 4.69) is 57.5 Å². The Morgan fingerprint density at radius 3 is 1.51 bits per heavy atom. The molecule has 0 saturated carbocycles. The molecular weight excluding hydrogens is 935 g/mol. The van der Waals surface area contributed by atoms with Crippen molar-refractivity contribution in [2.75, 3.05) is 66.9 Å². The van der Waals surface area contributed by atoms with Crippen LogP contribution in [0.2, 0.25) is 0 Å². The van der Waals surface area contributed by atoms with Gasteiger partial charge in [-0.2, -0.15) is 0 Å². The second-order valence-corrected chi connectivity index (χ2v) is 17.1. The van der Waals surface area contributed by atoms with Crippen LogP contribution in [0.5, 0.6) is 0 Å². The summed E-state index contributed by atoms with van der Waals surface area (Å²) in [6.45, 7) is 1.54. The fourth-order valence-corrected chi connectivity index (χ4v) is 7.25. The van der Waals surface area contributed by atoms with E-state index in [-0.39, 0.29) is 83.7 Å². The molecular formula is C45H59N19O8. The van der Waals surface area contributed by atoms with E-state index in [1.807, 2.05) is 19.0 Å². The maximum Gasteiger partial charge on any atom is 0.292 e. The van der Waals surface area contributed by atoms with Crippen molar-refractivity contribution in [3.05, 3.63) is 96.1 Å². The number of nitrogens with zero attached hydrogens (tertiary/aromatic N) is 10. The van der Waals surface area contributed by atoms with Gasteiger partial charge in [0.25, 0.3) is 35.4 Å². The van der Waals surface area contributed by atoms with Crippen molar-refractivity contribution in [2.24, 2.45) is 48.0 Å². The Balaban J connectivity index is 0.932. The lowest BCUT2D eigenvalue weighted by atomic mass is 10.2. The standard InChI is InChI=1S/C45H59N19O8/c1-58(2)16-9-12-47-35(65)11-14-50-41(68)30-18-26(21-60(30)4)51-42(69)32-20-28(23-62(32)6)53-44(71)37-54-33(24-63(37)7)56-39(66)29(46)10-13-49-40(67)31-19-27(22-61(31)5)52-45(72)38-55-34(25-64(38)8)57-43(70)36-48-15-17-59(36)3/h15,17-25,29H,9-14,16,46H2,1-8H3,(H,47,65)(H,49,67)(H,50,68)(H,51,69)(H,52,72)(H,53,71)(H,56,66)(H,57,70)/t29-/m1/s1. The van der Waals surface area contributed by atoms with Gasteiger partial charge in [0.05, 0.1) is 23.1 Å². The summed E-state index contributed by atoms with van der Waals surface area (Å²) < 4.78 is 8.94. The van der Waals surface area contributed by atoms with E-state index in [0.717, 1.165) is 13.0 Å². The van der Waals surface area contributed by atoms with Gasteiger partial charge in [-0.3, -0.25) is 38.4 Å². The van der Waals surface area contributed by atoms with Crippen molar-refractivity contribution < 1.29 is 38.4 Å². The Morgan fingerprint density at radius 2 is 1.01 bits per heavy atom. The summed E-state index contributed by atoms with van der Waals surface area (Å²) in [5.41, 5.74) is 7.73. The Hall–Kier alpha value is -8.85. The minimum atomic E-state index is -1.08. The van der Waals surface area contributed by atoms with Gasteiger partial charge in [0.1, 0.15) is 17.1 Å². The van der Waals surface area contributed by atoms with E-state index in [9.17, 15) is 38.4 Å². The predicted octanol–water partition coefficient (Wildman–Crippen LogP) is 0.186. The summed E-state index contributed by atoms with van der Waals surface area (Å²) in [5, 5.41) is 21.6. The van der Waals surface area contributed by atoms with Crippen LogP contribution in [0.1, 0.15) is 82.6 Å². The first-order valence-corrected chi connectivity index (χ1v) is 22.5. The summed E-state index contributed by atoms with van der Waals surface area (Å²) in [5.74, 6) is -3.67. The number of anilines is 5. The third-order valence-corrected chi connectivity index (χ3v) is 11.0. The quantitative estimate of drug-likeness (QED) is 0.0411. The number of amides is 8. The molecule has 6 rings (SSSR count). The van der Waals surface area contributed by atoms with E-state index in [4.69, 9.17) is 5.73 Å². The highest BCUT2D eigenvalue weighted by molar-refractivity contribution is 6.08. The highest BCUT2D eigenvalue weighted by Crippen LogP contribution is 2.20. The number of imidazole rings is 3. The third-order valence-electron chi connectivity index (χ3n) is 11.0. The molecule has 72 heavy (non-hydrogen) atoms. The van der Waals surface area contributed by atoms with E-state index in [1.165, 1.54) is 67.5 Å². The largest absolute Gasteiger partial charge is 0.356 e. The molecule has 0 fully saturated rings. The Kier molecular flexibility index (Phi) is 16.9. The number of carbonyl (C=O) groups is 8. The SMILES string of the molecule is CN(C)CCCNC(=O)CCNC(=O)c1cc(NC(=O)c2cc(NC(=O)c3nc(NC(=O)[C@H](N)CCNC(=O)c4cc(NC(=O)c5nc(NC(=O)c6nccn6C)cn5C)cn4C)cn3C)cn2C)cn1C. The van der Waals surface area contributed by atoms with E-state index >= 15 is 0 Å². The third kappa shape index (κ3) is 13.5. The molecule has 382 valence electrons. The monoisotopic (exact) mass is 993 g/mol. The number of nitrogens with one attached hydrogen (secondary N) is 8. The minimum absolute atomic E-state index is 0.00392. The van der Waals surface area contributed by atoms with Crippen molar-refractivity contribution >= 4 is 76.0 Å². The van der Waals surface area contributed by atoms with Gasteiger partial charge >= 0.3 is 0 Å². The predicted molar refractivity (Wildman–Crippen MR) is 264 cm³/mol. The average molecular weight is 994 g/mol. The zero-order valence-corrected chi connectivity index (χ0v) is 41.1. The zero-order valence-electron chi connectivity index (χ0n) is 41.1. The fraction of sp³-hybridized carbons (Fsp3) is 0.356. The molecule has 6 heterocycles. The molecule has 0 unspecified atom stereocenters. The number of nitrogens with two attached hydrogens (primary N) is 1. The Morgan fingerprint density at radius 1 is 0.542 bits per heavy atom. The summed E-state index contributed by atoms with van der Waals surface area (Å²) in [6, 6.07) is 3.35. The lowest BCUT2D eigenvalue weighted by Gasteiger charge is -2.11. The number of hydrogen-bond donors (Lipinski definition) is 9. The van der Waals surface area contributed by atoms with Gasteiger partial charge in [0.15, 0.2) is 17.5 Å². The number of carbonyl (C=O) groups excluding carboxylic acids is 8. The van der Waals surface area contributed by atoms with Gasteiger partial charge in [-0.15, -0.1) is 0 Å². The first-order chi connectivity index (χ1) is 34.2. The van der Waals surface area contributed by atoms with Crippen LogP contribution in [0.25, 0.3) is 0 Å². The molecule has 0 bridgehead atoms. The highest BCUT2D eigenvalue weighted by Gasteiger charge is 2.23. The molecule has 6 aromatic heterocycles. The molecule has 0 radical (unpaired) electrons. The van der Waals surface area contributed by atoms with Crippen LogP contribution < -0.4 is 48.3 Å². The van der Waals surface area contributed by atoms with Crippen LogP contribution in [-0.4, -0.2) is 141 Å². The zero-order chi connectivity index (χ0) is 52.4. The van der Waals surface area contributed by atoms with E-state index in [1.54, 1.807) is 63.8 Å². The van der Waals surface area contributed by atoms with Crippen molar-refractivity contribution in [2.45, 2.75) is 25.3 Å². The van der Waals surface area contributed by atoms with Gasteiger partial charge in [0.2, 0.25) is 23.5 Å². The minimum Gasteiger partial charge on any atom is -0.356 e. The van der Waals surface area contributed by atoms with Gasteiger partial charge < -0.3 is 80.6 Å². The van der Waals surface area contributed by atoms with Crippen molar-refractivity contribution in [1.82, 2.24) is 63.2 Å². The number of aryl methyl sites for hydroxylation is 6. The first-order valence-electron chi connectivity index (χ1n) is 22.5. The van der Waals surface area contributed by atoms with Gasteiger partial charge in [-0.25, -0.2) is 15.0 Å². The highest BCUT2D eigenvalue weighted by atomic mass is 16.2. The molecule has 0 aromatic carbocycles. The molecule has 0 aliphatic carbocycles. The second-order valence-electron chi connectivity index (χ2n) is 17.1. The smallest absolute Gasteiger partial charge is 0.292 e. The molecule has 0 spiro atoms. The van der Waals surface area contributed by atoms with Crippen LogP contribution in [0.4, 0.5) is 28.7 Å². The lowest BCUT2D eigenvalue weighted by Crippen LogP contribution is -2.39. The number of hydrogen-bond acceptors (Lipinski definition) is 13. The number of aromatic nitrogens is 9. The number of rotatable bonds is 22. The average Bonchev–Trinajstić information content (AvgIpc) is 4.18. The lowest BCUT2D eigenvalue weighted by molar-refractivity contribution is -0.121. The van der Waals surface area contributed by atoms with Crippen molar-refractivity contribution in [1.29, 1.82) is 0 Å². The summed E-state index contributed by atoms with van der Waals surface area (Å²) in [6.07, 6.45) is 11.6. The molecule has 27 heteroatoms. The van der Waals surface area contributed by atoms with Crippen LogP contribution in [0.15, 0.2) is 61.6 Å². The fourth-order valence-electron chi connectivity index (χ4n) is 7.25. The summed E-state index contributed by atoms with van der Waals surface area (Å²) in [4.78, 5) is 118. The molecule has 1 atom stereocenters. The van der Waals surface area contributed by atoms with Crippen molar-refractivity contribution in [3.8, 4) is 0 Å². The normalized spacial score (nSPS) is 11.5. The van der Waals surface area contributed by atoms with Crippen molar-refractivity contribution in [3.63, 3.8) is 0 Å². The topological polar surface area (TPSA) is 330 Å². The summed E-state index contributed by atoms with van der Waals surface area (Å²) >= 11 is 0. The van der Waals surface area contributed by atoms with Crippen LogP contribution in [0.3, 0.4) is 0 Å². The van der Waals surface area contributed by atoms with Gasteiger partial charge in [-0.05, 0) is 51.7 Å². The molecule has 6 aromatic rings. The van der Waals surface area contributed by atoms with E-state index in [0.29, 0.717) is 17.9 Å². The van der Waals surface area contributed by atoms with E-state index < -0.39 is 47.4 Å². The molecule has 27 nitrogen and oxygen atoms in total. The van der Waals surface area contributed by atoms with Gasteiger partial charge in [0, 0.05) is 112 Å². The molecule has 0 aliphatic rings. The Bertz CT molecular complexity index is 3000. The molecule has 8 amide bonds. The maximum atomic E-state index is 13.3. The molecule has 10 N–H and O–H groups in total. The second kappa shape index (κ2) is 23.2. The maximum absolute atomic E-state index is 13.3. The van der Waals surface area contributed by atoms with Crippen LogP contribution in [0, 0.1) is 0 Å². The molecule has 0 aliphatic heterocycles. The van der Waals surface area contributed by atoms with Crippen LogP contribution >= 0.6 is 0 Å². The van der Waals surface area contributed by atoms with Crippen LogP contribution in [-0.2, 0) is 51.9 Å². The Labute approximate surface area is 412 Å². The first kappa shape index (κ1) is 52.5. The summed E-state index contributed by atoms with van der Waals surface area (Å²) in [7, 11) is 13.6.